The number of rotatable bonds is 4. The lowest BCUT2D eigenvalue weighted by molar-refractivity contribution is -0.159. The molecular weight excluding hydrogens is 232 g/mol. The van der Waals surface area contributed by atoms with E-state index in [1.54, 1.807) is 6.08 Å². The van der Waals surface area contributed by atoms with Gasteiger partial charge in [0.2, 0.25) is 5.41 Å². The normalized spacial score (nSPS) is 15.6. The molecule has 18 heavy (non-hydrogen) atoms. The van der Waals surface area contributed by atoms with Crippen LogP contribution >= 0.6 is 0 Å². The molecule has 0 fully saturated rings. The summed E-state index contributed by atoms with van der Waals surface area (Å²) < 4.78 is 9.35. The molecule has 0 amide bonds. The van der Waals surface area contributed by atoms with Crippen molar-refractivity contribution < 1.29 is 19.1 Å². The van der Waals surface area contributed by atoms with Gasteiger partial charge in [-0.1, -0.05) is 36.4 Å². The van der Waals surface area contributed by atoms with Crippen molar-refractivity contribution in [3.05, 3.63) is 47.5 Å². The molecule has 0 saturated carbocycles. The molecule has 1 aromatic rings. The highest BCUT2D eigenvalue weighted by atomic mass is 16.5. The first-order valence-electron chi connectivity index (χ1n) is 5.58. The number of esters is 2. The molecule has 0 radical (unpaired) electrons. The van der Waals surface area contributed by atoms with Crippen molar-refractivity contribution >= 4 is 11.9 Å². The fourth-order valence-electron chi connectivity index (χ4n) is 2.02. The molecule has 0 bridgehead atoms. The number of carbonyl (C=O) groups excluding carboxylic acids is 2. The van der Waals surface area contributed by atoms with Crippen LogP contribution in [0, 0.1) is 5.41 Å². The summed E-state index contributed by atoms with van der Waals surface area (Å²) >= 11 is 0. The topological polar surface area (TPSA) is 52.6 Å². The Morgan fingerprint density at radius 1 is 1.06 bits per heavy atom. The van der Waals surface area contributed by atoms with Gasteiger partial charge in [0.15, 0.2) is 0 Å². The average molecular weight is 246 g/mol. The first-order chi connectivity index (χ1) is 8.65. The van der Waals surface area contributed by atoms with Crippen LogP contribution < -0.4 is 0 Å². The summed E-state index contributed by atoms with van der Waals surface area (Å²) in [6.45, 7) is 0. The predicted molar refractivity (Wildman–Crippen MR) is 64.7 cm³/mol. The van der Waals surface area contributed by atoms with Crippen LogP contribution in [-0.2, 0) is 25.5 Å². The predicted octanol–water partition coefficient (Wildman–Crippen LogP) is 1.50. The molecule has 1 aromatic carbocycles. The van der Waals surface area contributed by atoms with Gasteiger partial charge >= 0.3 is 11.9 Å². The average Bonchev–Trinajstić information content (AvgIpc) is 3.13. The van der Waals surface area contributed by atoms with Crippen LogP contribution in [0.2, 0.25) is 0 Å². The van der Waals surface area contributed by atoms with E-state index in [1.165, 1.54) is 14.2 Å². The number of methoxy groups -OCH3 is 2. The first-order valence-corrected chi connectivity index (χ1v) is 5.58. The fraction of sp³-hybridized carbons (Fsp3) is 0.286. The third kappa shape index (κ3) is 1.90. The van der Waals surface area contributed by atoms with E-state index in [0.717, 1.165) is 11.1 Å². The Morgan fingerprint density at radius 3 is 2.11 bits per heavy atom. The molecule has 0 atom stereocenters. The highest BCUT2D eigenvalue weighted by Crippen LogP contribution is 2.48. The Kier molecular flexibility index (Phi) is 3.19. The Morgan fingerprint density at radius 2 is 1.61 bits per heavy atom. The summed E-state index contributed by atoms with van der Waals surface area (Å²) in [7, 11) is 2.53. The molecule has 0 heterocycles. The van der Waals surface area contributed by atoms with E-state index in [2.05, 4.69) is 9.47 Å². The molecule has 94 valence electrons. The van der Waals surface area contributed by atoms with Gasteiger partial charge in [-0.25, -0.2) is 0 Å². The molecule has 0 aromatic heterocycles. The minimum Gasteiger partial charge on any atom is -0.468 e. The zero-order valence-electron chi connectivity index (χ0n) is 10.3. The van der Waals surface area contributed by atoms with E-state index < -0.39 is 17.4 Å². The highest BCUT2D eigenvalue weighted by Gasteiger charge is 2.59. The maximum Gasteiger partial charge on any atom is 0.331 e. The van der Waals surface area contributed by atoms with Gasteiger partial charge in [0.1, 0.15) is 0 Å². The highest BCUT2D eigenvalue weighted by molar-refractivity contribution is 6.11. The van der Waals surface area contributed by atoms with E-state index >= 15 is 0 Å². The van der Waals surface area contributed by atoms with Gasteiger partial charge in [-0.2, -0.15) is 0 Å². The zero-order valence-corrected chi connectivity index (χ0v) is 10.3. The van der Waals surface area contributed by atoms with Crippen molar-refractivity contribution in [2.75, 3.05) is 14.2 Å². The lowest BCUT2D eigenvalue weighted by atomic mass is 9.96. The number of hydrogen-bond acceptors (Lipinski definition) is 4. The van der Waals surface area contributed by atoms with E-state index in [4.69, 9.17) is 0 Å². The molecule has 0 unspecified atom stereocenters. The SMILES string of the molecule is COC(=O)C1(C(=O)OC)C=C1Cc1ccccc1. The van der Waals surface area contributed by atoms with Gasteiger partial charge in [0.25, 0.3) is 0 Å². The molecule has 0 spiro atoms. The summed E-state index contributed by atoms with van der Waals surface area (Å²) in [5, 5.41) is 0. The molecule has 2 rings (SSSR count). The second-order valence-electron chi connectivity index (χ2n) is 4.12. The second kappa shape index (κ2) is 4.64. The van der Waals surface area contributed by atoms with Gasteiger partial charge < -0.3 is 9.47 Å². The summed E-state index contributed by atoms with van der Waals surface area (Å²) in [6.07, 6.45) is 2.16. The largest absolute Gasteiger partial charge is 0.468 e. The minimum absolute atomic E-state index is 0.547. The van der Waals surface area contributed by atoms with E-state index in [1.807, 2.05) is 30.3 Å². The number of hydrogen-bond donors (Lipinski definition) is 0. The summed E-state index contributed by atoms with van der Waals surface area (Å²) in [5.41, 5.74) is 0.477. The minimum atomic E-state index is -1.29. The summed E-state index contributed by atoms with van der Waals surface area (Å²) in [6, 6.07) is 9.63. The second-order valence-corrected chi connectivity index (χ2v) is 4.12. The van der Waals surface area contributed by atoms with Gasteiger partial charge in [-0.05, 0) is 17.6 Å². The van der Waals surface area contributed by atoms with Gasteiger partial charge in [-0.15, -0.1) is 0 Å². The summed E-state index contributed by atoms with van der Waals surface area (Å²) in [4.78, 5) is 23.4. The van der Waals surface area contributed by atoms with Crippen molar-refractivity contribution in [2.24, 2.45) is 5.41 Å². The van der Waals surface area contributed by atoms with Crippen LogP contribution in [0.5, 0.6) is 0 Å². The molecule has 0 saturated heterocycles. The Bertz CT molecular complexity index is 486. The Hall–Kier alpha value is -2.10. The standard InChI is InChI=1S/C14H14O4/c1-17-12(15)14(13(16)18-2)9-11(14)8-10-6-4-3-5-7-10/h3-7,9H,8H2,1-2H3. The molecule has 1 aliphatic rings. The lowest BCUT2D eigenvalue weighted by Crippen LogP contribution is -2.31. The van der Waals surface area contributed by atoms with Crippen LogP contribution in [0.25, 0.3) is 0 Å². The maximum absolute atomic E-state index is 11.7. The van der Waals surface area contributed by atoms with Crippen molar-refractivity contribution in [2.45, 2.75) is 6.42 Å². The third-order valence-corrected chi connectivity index (χ3v) is 3.07. The van der Waals surface area contributed by atoms with Crippen LogP contribution in [0.3, 0.4) is 0 Å². The molecule has 4 heteroatoms. The third-order valence-electron chi connectivity index (χ3n) is 3.07. The monoisotopic (exact) mass is 246 g/mol. The van der Waals surface area contributed by atoms with Crippen molar-refractivity contribution in [3.63, 3.8) is 0 Å². The maximum atomic E-state index is 11.7. The quantitative estimate of drug-likeness (QED) is 0.459. The van der Waals surface area contributed by atoms with Gasteiger partial charge in [0, 0.05) is 0 Å². The van der Waals surface area contributed by atoms with E-state index in [0.29, 0.717) is 6.42 Å². The first kappa shape index (κ1) is 12.4. The fourth-order valence-corrected chi connectivity index (χ4v) is 2.02. The zero-order chi connectivity index (χ0) is 13.2. The van der Waals surface area contributed by atoms with Crippen LogP contribution in [0.1, 0.15) is 5.56 Å². The smallest absolute Gasteiger partial charge is 0.331 e. The van der Waals surface area contributed by atoms with Crippen molar-refractivity contribution in [1.82, 2.24) is 0 Å². The van der Waals surface area contributed by atoms with Crippen LogP contribution in [0.4, 0.5) is 0 Å². The van der Waals surface area contributed by atoms with Crippen LogP contribution in [0.15, 0.2) is 42.0 Å². The number of ether oxygens (including phenoxy) is 2. The van der Waals surface area contributed by atoms with Gasteiger partial charge in [0.05, 0.1) is 14.2 Å². The van der Waals surface area contributed by atoms with Crippen LogP contribution in [-0.4, -0.2) is 26.2 Å². The summed E-state index contributed by atoms with van der Waals surface area (Å²) in [5.74, 6) is -1.17. The molecular formula is C14H14O4. The van der Waals surface area contributed by atoms with Crippen molar-refractivity contribution in [3.8, 4) is 0 Å². The Labute approximate surface area is 105 Å². The molecule has 1 aliphatic carbocycles. The van der Waals surface area contributed by atoms with Crippen molar-refractivity contribution in [1.29, 1.82) is 0 Å². The number of carbonyl (C=O) groups is 2. The molecule has 0 N–H and O–H groups in total. The van der Waals surface area contributed by atoms with E-state index in [9.17, 15) is 9.59 Å². The van der Waals surface area contributed by atoms with E-state index in [-0.39, 0.29) is 0 Å². The number of benzene rings is 1. The van der Waals surface area contributed by atoms with Gasteiger partial charge in [-0.3, -0.25) is 9.59 Å². The molecule has 4 nitrogen and oxygen atoms in total. The Balaban J connectivity index is 2.15. The molecule has 0 aliphatic heterocycles. The lowest BCUT2D eigenvalue weighted by Gasteiger charge is -2.13.